The third kappa shape index (κ3) is 2.32. The maximum atomic E-state index is 5.72. The normalized spacial score (nSPS) is 18.5. The molecule has 2 nitrogen and oxygen atoms in total. The molecule has 0 aliphatic carbocycles. The minimum Gasteiger partial charge on any atom is -0.475 e. The van der Waals surface area contributed by atoms with Gasteiger partial charge in [-0.05, 0) is 31.5 Å². The largest absolute Gasteiger partial charge is 0.475 e. The van der Waals surface area contributed by atoms with Crippen LogP contribution in [-0.2, 0) is 10.6 Å². The average Bonchev–Trinajstić information content (AvgIpc) is 2.59. The standard InChI is InChI=1S/C12H14ClNO/c1-12(2)8-15-11(14-12)10-5-3-9(7-13)4-6-10/h3-6H,7-8H2,1-2H3. The predicted octanol–water partition coefficient (Wildman–Crippen LogP) is 2.98. The van der Waals surface area contributed by atoms with Crippen molar-refractivity contribution >= 4 is 17.5 Å². The Hall–Kier alpha value is -1.02. The summed E-state index contributed by atoms with van der Waals surface area (Å²) in [4.78, 5) is 4.51. The highest BCUT2D eigenvalue weighted by Crippen LogP contribution is 2.20. The molecule has 0 saturated carbocycles. The summed E-state index contributed by atoms with van der Waals surface area (Å²) in [5.74, 6) is 1.28. The Morgan fingerprint density at radius 1 is 1.33 bits per heavy atom. The second-order valence-corrected chi connectivity index (χ2v) is 4.62. The van der Waals surface area contributed by atoms with Crippen molar-refractivity contribution in [2.75, 3.05) is 6.61 Å². The SMILES string of the molecule is CC1(C)COC(c2ccc(CCl)cc2)=N1. The van der Waals surface area contributed by atoms with E-state index < -0.39 is 0 Å². The number of rotatable bonds is 2. The van der Waals surface area contributed by atoms with Gasteiger partial charge in [0.15, 0.2) is 0 Å². The van der Waals surface area contributed by atoms with E-state index in [1.807, 2.05) is 24.3 Å². The van der Waals surface area contributed by atoms with Gasteiger partial charge in [0.2, 0.25) is 5.90 Å². The molecule has 0 saturated heterocycles. The molecule has 0 bridgehead atoms. The predicted molar refractivity (Wildman–Crippen MR) is 62.6 cm³/mol. The van der Waals surface area contributed by atoms with Crippen LogP contribution in [-0.4, -0.2) is 18.0 Å². The van der Waals surface area contributed by atoms with Gasteiger partial charge in [-0.2, -0.15) is 0 Å². The molecule has 0 atom stereocenters. The van der Waals surface area contributed by atoms with Crippen LogP contribution < -0.4 is 0 Å². The molecule has 0 amide bonds. The summed E-state index contributed by atoms with van der Waals surface area (Å²) in [6.07, 6.45) is 0. The molecule has 0 spiro atoms. The second-order valence-electron chi connectivity index (χ2n) is 4.35. The van der Waals surface area contributed by atoms with Crippen LogP contribution in [0.3, 0.4) is 0 Å². The van der Waals surface area contributed by atoms with Crippen LogP contribution in [0, 0.1) is 0 Å². The van der Waals surface area contributed by atoms with E-state index in [0.29, 0.717) is 12.5 Å². The lowest BCUT2D eigenvalue weighted by atomic mass is 10.1. The van der Waals surface area contributed by atoms with Gasteiger partial charge in [0.1, 0.15) is 6.61 Å². The Labute approximate surface area is 94.9 Å². The summed E-state index contributed by atoms with van der Waals surface area (Å²) < 4.78 is 5.54. The molecule has 1 aromatic rings. The lowest BCUT2D eigenvalue weighted by Gasteiger charge is -2.07. The number of nitrogens with zero attached hydrogens (tertiary/aromatic N) is 1. The van der Waals surface area contributed by atoms with Gasteiger partial charge in [-0.15, -0.1) is 11.6 Å². The quantitative estimate of drug-likeness (QED) is 0.707. The number of aliphatic imine (C=N–C) groups is 1. The number of halogens is 1. The summed E-state index contributed by atoms with van der Waals surface area (Å²) in [5.41, 5.74) is 2.04. The van der Waals surface area contributed by atoms with Crippen molar-refractivity contribution in [2.24, 2.45) is 4.99 Å². The zero-order valence-corrected chi connectivity index (χ0v) is 9.71. The molecular weight excluding hydrogens is 210 g/mol. The van der Waals surface area contributed by atoms with Gasteiger partial charge >= 0.3 is 0 Å². The van der Waals surface area contributed by atoms with E-state index in [1.165, 1.54) is 0 Å². The molecular formula is C12H14ClNO. The number of benzene rings is 1. The molecule has 0 radical (unpaired) electrons. The van der Waals surface area contributed by atoms with E-state index in [4.69, 9.17) is 16.3 Å². The fraction of sp³-hybridized carbons (Fsp3) is 0.417. The first-order valence-electron chi connectivity index (χ1n) is 4.99. The van der Waals surface area contributed by atoms with Crippen molar-refractivity contribution in [1.82, 2.24) is 0 Å². The first-order valence-corrected chi connectivity index (χ1v) is 5.52. The van der Waals surface area contributed by atoms with Crippen molar-refractivity contribution in [1.29, 1.82) is 0 Å². The highest BCUT2D eigenvalue weighted by atomic mass is 35.5. The van der Waals surface area contributed by atoms with Crippen molar-refractivity contribution in [3.63, 3.8) is 0 Å². The Morgan fingerprint density at radius 3 is 2.47 bits per heavy atom. The van der Waals surface area contributed by atoms with E-state index in [9.17, 15) is 0 Å². The monoisotopic (exact) mass is 223 g/mol. The van der Waals surface area contributed by atoms with Crippen LogP contribution in [0.1, 0.15) is 25.0 Å². The van der Waals surface area contributed by atoms with E-state index in [0.717, 1.165) is 17.0 Å². The van der Waals surface area contributed by atoms with Crippen LogP contribution in [0.25, 0.3) is 0 Å². The number of alkyl halides is 1. The minimum atomic E-state index is -0.0967. The summed E-state index contributed by atoms with van der Waals surface area (Å²) >= 11 is 5.72. The fourth-order valence-corrected chi connectivity index (χ4v) is 1.65. The first kappa shape index (κ1) is 10.5. The topological polar surface area (TPSA) is 21.6 Å². The molecule has 0 unspecified atom stereocenters. The van der Waals surface area contributed by atoms with Crippen molar-refractivity contribution in [2.45, 2.75) is 25.3 Å². The fourth-order valence-electron chi connectivity index (χ4n) is 1.47. The molecule has 1 aliphatic heterocycles. The highest BCUT2D eigenvalue weighted by molar-refractivity contribution is 6.17. The van der Waals surface area contributed by atoms with Gasteiger partial charge in [-0.25, -0.2) is 4.99 Å². The van der Waals surface area contributed by atoms with Crippen LogP contribution in [0.15, 0.2) is 29.3 Å². The van der Waals surface area contributed by atoms with Gasteiger partial charge in [0, 0.05) is 11.4 Å². The number of hydrogen-bond donors (Lipinski definition) is 0. The van der Waals surface area contributed by atoms with E-state index in [2.05, 4.69) is 18.8 Å². The molecule has 1 aliphatic rings. The van der Waals surface area contributed by atoms with Gasteiger partial charge in [0.25, 0.3) is 0 Å². The molecule has 0 fully saturated rings. The molecule has 3 heteroatoms. The zero-order valence-electron chi connectivity index (χ0n) is 8.96. The molecule has 80 valence electrons. The summed E-state index contributed by atoms with van der Waals surface area (Å²) in [7, 11) is 0. The third-order valence-corrected chi connectivity index (χ3v) is 2.63. The van der Waals surface area contributed by atoms with Crippen LogP contribution in [0.4, 0.5) is 0 Å². The summed E-state index contributed by atoms with van der Waals surface area (Å²) in [6.45, 7) is 4.78. The second kappa shape index (κ2) is 3.86. The van der Waals surface area contributed by atoms with Crippen LogP contribution in [0.5, 0.6) is 0 Å². The zero-order chi connectivity index (χ0) is 10.9. The van der Waals surface area contributed by atoms with Crippen molar-refractivity contribution in [3.05, 3.63) is 35.4 Å². The van der Waals surface area contributed by atoms with Gasteiger partial charge < -0.3 is 4.74 Å². The van der Waals surface area contributed by atoms with Crippen LogP contribution in [0.2, 0.25) is 0 Å². The molecule has 1 aromatic carbocycles. The molecule has 0 N–H and O–H groups in total. The van der Waals surface area contributed by atoms with E-state index in [-0.39, 0.29) is 5.54 Å². The van der Waals surface area contributed by atoms with Gasteiger partial charge in [-0.1, -0.05) is 12.1 Å². The van der Waals surface area contributed by atoms with Crippen molar-refractivity contribution < 1.29 is 4.74 Å². The Morgan fingerprint density at radius 2 is 2.00 bits per heavy atom. The maximum Gasteiger partial charge on any atom is 0.216 e. The maximum absolute atomic E-state index is 5.72. The lowest BCUT2D eigenvalue weighted by Crippen LogP contribution is -2.17. The molecule has 15 heavy (non-hydrogen) atoms. The molecule has 0 aromatic heterocycles. The number of hydrogen-bond acceptors (Lipinski definition) is 2. The van der Waals surface area contributed by atoms with E-state index >= 15 is 0 Å². The molecule has 2 rings (SSSR count). The average molecular weight is 224 g/mol. The smallest absolute Gasteiger partial charge is 0.216 e. The summed E-state index contributed by atoms with van der Waals surface area (Å²) in [5, 5.41) is 0. The van der Waals surface area contributed by atoms with Crippen molar-refractivity contribution in [3.8, 4) is 0 Å². The first-order chi connectivity index (χ1) is 7.11. The Bertz CT molecular complexity index is 381. The summed E-state index contributed by atoms with van der Waals surface area (Å²) in [6, 6.07) is 8.00. The number of ether oxygens (including phenoxy) is 1. The lowest BCUT2D eigenvalue weighted by molar-refractivity contribution is 0.279. The van der Waals surface area contributed by atoms with Gasteiger partial charge in [-0.3, -0.25) is 0 Å². The van der Waals surface area contributed by atoms with Crippen LogP contribution >= 0.6 is 11.6 Å². The minimum absolute atomic E-state index is 0.0967. The molecule has 1 heterocycles. The van der Waals surface area contributed by atoms with Gasteiger partial charge in [0.05, 0.1) is 5.54 Å². The highest BCUT2D eigenvalue weighted by Gasteiger charge is 2.26. The van der Waals surface area contributed by atoms with E-state index in [1.54, 1.807) is 0 Å². The Kier molecular flexibility index (Phi) is 2.70. The Balaban J connectivity index is 2.24. The third-order valence-electron chi connectivity index (χ3n) is 2.32.